The van der Waals surface area contributed by atoms with Crippen LogP contribution in [0.4, 0.5) is 0 Å². The third kappa shape index (κ3) is 6.38. The zero-order valence-corrected chi connectivity index (χ0v) is 24.0. The van der Waals surface area contributed by atoms with Crippen LogP contribution in [0.2, 0.25) is 0 Å². The van der Waals surface area contributed by atoms with Gasteiger partial charge in [-0.05, 0) is 114 Å². The Labute approximate surface area is 233 Å². The lowest BCUT2D eigenvalue weighted by Gasteiger charge is -2.42. The molecule has 0 atom stereocenters. The van der Waals surface area contributed by atoms with Crippen LogP contribution in [0.1, 0.15) is 94.1 Å². The Morgan fingerprint density at radius 2 is 1.49 bits per heavy atom. The van der Waals surface area contributed by atoms with E-state index in [4.69, 9.17) is 4.74 Å². The monoisotopic (exact) mass is 525 g/mol. The molecule has 1 fully saturated rings. The van der Waals surface area contributed by atoms with Gasteiger partial charge in [-0.25, -0.2) is 4.79 Å². The van der Waals surface area contributed by atoms with E-state index in [1.54, 1.807) is 12.1 Å². The Morgan fingerprint density at radius 1 is 0.821 bits per heavy atom. The van der Waals surface area contributed by atoms with Crippen molar-refractivity contribution in [3.63, 3.8) is 0 Å². The molecule has 1 saturated carbocycles. The first-order valence-electron chi connectivity index (χ1n) is 14.6. The van der Waals surface area contributed by atoms with Crippen LogP contribution in [-0.2, 0) is 10.8 Å². The zero-order chi connectivity index (χ0) is 27.6. The zero-order valence-electron chi connectivity index (χ0n) is 24.0. The van der Waals surface area contributed by atoms with Gasteiger partial charge in [0.05, 0.1) is 12.2 Å². The number of hydrogen-bond donors (Lipinski definition) is 2. The van der Waals surface area contributed by atoms with Crippen LogP contribution >= 0.6 is 0 Å². The van der Waals surface area contributed by atoms with E-state index in [9.17, 15) is 9.90 Å². The fraction of sp³-hybridized carbons (Fsp3) is 0.457. The van der Waals surface area contributed by atoms with Gasteiger partial charge in [0, 0.05) is 11.6 Å². The molecule has 0 spiro atoms. The van der Waals surface area contributed by atoms with Crippen molar-refractivity contribution in [1.82, 2.24) is 5.32 Å². The number of fused-ring (bicyclic) bond motifs is 1. The van der Waals surface area contributed by atoms with Gasteiger partial charge in [-0.15, -0.1) is 0 Å². The summed E-state index contributed by atoms with van der Waals surface area (Å²) >= 11 is 0. The topological polar surface area (TPSA) is 58.6 Å². The standard InChI is InChI=1S/C35H43NO3/c1-34(2)18-19-35(3,4)31-23-27(12-16-30(31)34)29-22-26(24-8-10-25(11-9-24)33(37)38)13-17-32(29)39-21-7-5-6-20-36-28-14-15-28/h8-13,16-17,22-23,28,36H,5-7,14-15,18-21H2,1-4H3,(H,37,38). The van der Waals surface area contributed by atoms with Crippen molar-refractivity contribution < 1.29 is 14.6 Å². The molecule has 3 aromatic rings. The van der Waals surface area contributed by atoms with Crippen LogP contribution in [0.25, 0.3) is 22.3 Å². The molecule has 4 heteroatoms. The maximum atomic E-state index is 11.3. The SMILES string of the molecule is CC1(C)CCC(C)(C)c2cc(-c3cc(-c4ccc(C(=O)O)cc4)ccc3OCCCCCNC3CC3)ccc21. The van der Waals surface area contributed by atoms with Gasteiger partial charge in [-0.3, -0.25) is 0 Å². The molecule has 0 radical (unpaired) electrons. The summed E-state index contributed by atoms with van der Waals surface area (Å²) in [6.07, 6.45) is 8.42. The highest BCUT2D eigenvalue weighted by Crippen LogP contribution is 2.47. The number of nitrogens with one attached hydrogen (secondary N) is 1. The van der Waals surface area contributed by atoms with Crippen molar-refractivity contribution in [3.05, 3.63) is 77.4 Å². The third-order valence-electron chi connectivity index (χ3n) is 8.70. The number of hydrogen-bond acceptors (Lipinski definition) is 3. The molecular formula is C35H43NO3. The molecule has 2 aliphatic carbocycles. The average molecular weight is 526 g/mol. The summed E-state index contributed by atoms with van der Waals surface area (Å²) in [7, 11) is 0. The molecule has 206 valence electrons. The van der Waals surface area contributed by atoms with E-state index in [1.165, 1.54) is 48.8 Å². The Kier molecular flexibility index (Phi) is 7.87. The van der Waals surface area contributed by atoms with Gasteiger partial charge in [0.15, 0.2) is 0 Å². The molecule has 0 aromatic heterocycles. The number of carboxylic acid groups (broad SMARTS) is 1. The van der Waals surface area contributed by atoms with E-state index in [0.717, 1.165) is 47.9 Å². The summed E-state index contributed by atoms with van der Waals surface area (Å²) < 4.78 is 6.41. The highest BCUT2D eigenvalue weighted by Gasteiger charge is 2.37. The summed E-state index contributed by atoms with van der Waals surface area (Å²) in [5.74, 6) is -0.00116. The minimum absolute atomic E-state index is 0.126. The molecule has 0 aliphatic heterocycles. The molecule has 0 saturated heterocycles. The van der Waals surface area contributed by atoms with E-state index in [-0.39, 0.29) is 10.8 Å². The minimum Gasteiger partial charge on any atom is -0.493 e. The van der Waals surface area contributed by atoms with Gasteiger partial charge in [-0.2, -0.15) is 0 Å². The van der Waals surface area contributed by atoms with Gasteiger partial charge >= 0.3 is 5.97 Å². The predicted molar refractivity (Wildman–Crippen MR) is 160 cm³/mol. The Morgan fingerprint density at radius 3 is 2.18 bits per heavy atom. The number of carboxylic acids is 1. The molecule has 4 nitrogen and oxygen atoms in total. The van der Waals surface area contributed by atoms with E-state index < -0.39 is 5.97 Å². The van der Waals surface area contributed by atoms with Gasteiger partial charge in [0.1, 0.15) is 5.75 Å². The first-order chi connectivity index (χ1) is 18.6. The van der Waals surface area contributed by atoms with Crippen molar-refractivity contribution in [2.24, 2.45) is 0 Å². The van der Waals surface area contributed by atoms with Crippen LogP contribution in [0.5, 0.6) is 5.75 Å². The second-order valence-corrected chi connectivity index (χ2v) is 12.8. The second-order valence-electron chi connectivity index (χ2n) is 12.8. The van der Waals surface area contributed by atoms with Crippen molar-refractivity contribution in [1.29, 1.82) is 0 Å². The summed E-state index contributed by atoms with van der Waals surface area (Å²) in [5, 5.41) is 12.9. The fourth-order valence-electron chi connectivity index (χ4n) is 5.80. The summed E-state index contributed by atoms with van der Waals surface area (Å²) in [6.45, 7) is 11.2. The maximum absolute atomic E-state index is 11.3. The van der Waals surface area contributed by atoms with Gasteiger partial charge in [0.2, 0.25) is 0 Å². The number of ether oxygens (including phenoxy) is 1. The molecule has 0 amide bonds. The van der Waals surface area contributed by atoms with Crippen molar-refractivity contribution >= 4 is 5.97 Å². The number of unbranched alkanes of at least 4 members (excludes halogenated alkanes) is 2. The van der Waals surface area contributed by atoms with Crippen molar-refractivity contribution in [2.75, 3.05) is 13.2 Å². The molecule has 2 aliphatic rings. The fourth-order valence-corrected chi connectivity index (χ4v) is 5.80. The highest BCUT2D eigenvalue weighted by molar-refractivity contribution is 5.88. The lowest BCUT2D eigenvalue weighted by Crippen LogP contribution is -2.33. The average Bonchev–Trinajstić information content (AvgIpc) is 3.75. The lowest BCUT2D eigenvalue weighted by atomic mass is 9.63. The van der Waals surface area contributed by atoms with Crippen LogP contribution in [0, 0.1) is 0 Å². The largest absolute Gasteiger partial charge is 0.493 e. The van der Waals surface area contributed by atoms with Crippen LogP contribution in [0.15, 0.2) is 60.7 Å². The maximum Gasteiger partial charge on any atom is 0.335 e. The Bertz CT molecular complexity index is 1320. The summed E-state index contributed by atoms with van der Waals surface area (Å²) in [6, 6.07) is 21.2. The van der Waals surface area contributed by atoms with E-state index in [2.05, 4.69) is 69.4 Å². The van der Waals surface area contributed by atoms with Gasteiger partial charge in [-0.1, -0.05) is 64.1 Å². The smallest absolute Gasteiger partial charge is 0.335 e. The molecule has 39 heavy (non-hydrogen) atoms. The number of aromatic carboxylic acids is 1. The number of benzene rings is 3. The van der Waals surface area contributed by atoms with E-state index >= 15 is 0 Å². The molecule has 5 rings (SSSR count). The summed E-state index contributed by atoms with van der Waals surface area (Å²) in [5.41, 5.74) is 7.79. The lowest BCUT2D eigenvalue weighted by molar-refractivity contribution is 0.0697. The van der Waals surface area contributed by atoms with E-state index in [0.29, 0.717) is 12.2 Å². The molecule has 0 unspecified atom stereocenters. The number of carbonyl (C=O) groups is 1. The second kappa shape index (κ2) is 11.2. The first-order valence-corrected chi connectivity index (χ1v) is 14.6. The normalized spacial score (nSPS) is 17.4. The molecule has 0 bridgehead atoms. The quantitative estimate of drug-likeness (QED) is 0.247. The molecule has 0 heterocycles. The van der Waals surface area contributed by atoms with Crippen LogP contribution in [-0.4, -0.2) is 30.3 Å². The van der Waals surface area contributed by atoms with Gasteiger partial charge in [0.25, 0.3) is 0 Å². The Hall–Kier alpha value is -3.11. The van der Waals surface area contributed by atoms with Crippen LogP contribution < -0.4 is 10.1 Å². The van der Waals surface area contributed by atoms with Crippen molar-refractivity contribution in [2.45, 2.75) is 89.5 Å². The number of rotatable bonds is 11. The van der Waals surface area contributed by atoms with Crippen LogP contribution in [0.3, 0.4) is 0 Å². The third-order valence-corrected chi connectivity index (χ3v) is 8.70. The highest BCUT2D eigenvalue weighted by atomic mass is 16.5. The minimum atomic E-state index is -0.908. The molecule has 3 aromatic carbocycles. The Balaban J connectivity index is 1.43. The van der Waals surface area contributed by atoms with E-state index in [1.807, 2.05) is 12.1 Å². The predicted octanol–water partition coefficient (Wildman–Crippen LogP) is 8.37. The summed E-state index contributed by atoms with van der Waals surface area (Å²) in [4.78, 5) is 11.3. The molecule has 2 N–H and O–H groups in total. The first kappa shape index (κ1) is 27.5. The van der Waals surface area contributed by atoms with Crippen molar-refractivity contribution in [3.8, 4) is 28.0 Å². The van der Waals surface area contributed by atoms with Gasteiger partial charge < -0.3 is 15.2 Å². The molecular weight excluding hydrogens is 482 g/mol.